The molecule has 104 valence electrons. The van der Waals surface area contributed by atoms with Gasteiger partial charge in [0.25, 0.3) is 0 Å². The number of ether oxygens (including phenoxy) is 2. The van der Waals surface area contributed by atoms with E-state index < -0.39 is 0 Å². The summed E-state index contributed by atoms with van der Waals surface area (Å²) in [6.07, 6.45) is 0. The van der Waals surface area contributed by atoms with Crippen LogP contribution in [0.3, 0.4) is 0 Å². The highest BCUT2D eigenvalue weighted by Gasteiger charge is 2.04. The van der Waals surface area contributed by atoms with Crippen LogP contribution in [0.1, 0.15) is 15.9 Å². The minimum atomic E-state index is -0.00587. The second kappa shape index (κ2) is 8.25. The predicted octanol–water partition coefficient (Wildman–Crippen LogP) is 3.10. The molecule has 3 nitrogen and oxygen atoms in total. The fraction of sp³-hybridized carbons (Fsp3) is 0.235. The lowest BCUT2D eigenvalue weighted by molar-refractivity contribution is 0.0386. The molecule has 0 atom stereocenters. The summed E-state index contributed by atoms with van der Waals surface area (Å²) < 4.78 is 10.8. The van der Waals surface area contributed by atoms with E-state index in [2.05, 4.69) is 0 Å². The first-order valence-corrected chi connectivity index (χ1v) is 6.64. The van der Waals surface area contributed by atoms with Gasteiger partial charge >= 0.3 is 0 Å². The predicted molar refractivity (Wildman–Crippen MR) is 77.7 cm³/mol. The smallest absolute Gasteiger partial charge is 0.188 e. The minimum Gasteiger partial charge on any atom is -0.374 e. The summed E-state index contributed by atoms with van der Waals surface area (Å²) in [5.74, 6) is -0.00587. The Bertz CT molecular complexity index is 508. The maximum atomic E-state index is 11.7. The zero-order valence-electron chi connectivity index (χ0n) is 11.3. The molecule has 0 fully saturated rings. The fourth-order valence-electron chi connectivity index (χ4n) is 1.75. The Hall–Kier alpha value is -1.97. The van der Waals surface area contributed by atoms with Crippen molar-refractivity contribution in [3.05, 3.63) is 71.8 Å². The van der Waals surface area contributed by atoms with Gasteiger partial charge in [-0.3, -0.25) is 4.79 Å². The molecular weight excluding hydrogens is 252 g/mol. The second-order valence-electron chi connectivity index (χ2n) is 4.38. The first-order valence-electron chi connectivity index (χ1n) is 6.64. The number of rotatable bonds is 8. The molecule has 0 aliphatic rings. The van der Waals surface area contributed by atoms with E-state index in [0.29, 0.717) is 25.4 Å². The molecule has 0 radical (unpaired) electrons. The third-order valence-electron chi connectivity index (χ3n) is 2.81. The van der Waals surface area contributed by atoms with Crippen molar-refractivity contribution in [2.45, 2.75) is 6.61 Å². The zero-order chi connectivity index (χ0) is 14.0. The van der Waals surface area contributed by atoms with Crippen LogP contribution >= 0.6 is 0 Å². The third-order valence-corrected chi connectivity index (χ3v) is 2.81. The van der Waals surface area contributed by atoms with Gasteiger partial charge in [0.15, 0.2) is 5.78 Å². The number of ketones is 1. The van der Waals surface area contributed by atoms with Crippen molar-refractivity contribution in [1.29, 1.82) is 0 Å². The van der Waals surface area contributed by atoms with Crippen molar-refractivity contribution in [3.63, 3.8) is 0 Å². The molecule has 0 N–H and O–H groups in total. The van der Waals surface area contributed by atoms with E-state index in [1.165, 1.54) is 0 Å². The highest BCUT2D eigenvalue weighted by molar-refractivity contribution is 5.96. The maximum absolute atomic E-state index is 11.7. The molecule has 0 saturated heterocycles. The summed E-state index contributed by atoms with van der Waals surface area (Å²) in [6, 6.07) is 19.1. The monoisotopic (exact) mass is 270 g/mol. The molecule has 2 aromatic carbocycles. The average molecular weight is 270 g/mol. The maximum Gasteiger partial charge on any atom is 0.188 e. The Morgan fingerprint density at radius 3 is 2.10 bits per heavy atom. The molecule has 0 saturated carbocycles. The normalized spacial score (nSPS) is 10.4. The van der Waals surface area contributed by atoms with Crippen LogP contribution in [0, 0.1) is 0 Å². The van der Waals surface area contributed by atoms with E-state index in [-0.39, 0.29) is 12.4 Å². The van der Waals surface area contributed by atoms with Gasteiger partial charge < -0.3 is 9.47 Å². The Balaban J connectivity index is 1.57. The summed E-state index contributed by atoms with van der Waals surface area (Å²) in [5, 5.41) is 0. The molecule has 2 aromatic rings. The lowest BCUT2D eigenvalue weighted by Crippen LogP contribution is -2.12. The molecule has 0 bridgehead atoms. The Kier molecular flexibility index (Phi) is 5.96. The van der Waals surface area contributed by atoms with Crippen molar-refractivity contribution < 1.29 is 14.3 Å². The highest BCUT2D eigenvalue weighted by atomic mass is 16.5. The molecular formula is C17H18O3. The third kappa shape index (κ3) is 4.96. The zero-order valence-corrected chi connectivity index (χ0v) is 11.3. The number of hydrogen-bond donors (Lipinski definition) is 0. The fourth-order valence-corrected chi connectivity index (χ4v) is 1.75. The molecule has 0 aliphatic heterocycles. The van der Waals surface area contributed by atoms with Gasteiger partial charge in [0.05, 0.1) is 19.8 Å². The van der Waals surface area contributed by atoms with E-state index in [9.17, 15) is 4.79 Å². The van der Waals surface area contributed by atoms with E-state index in [0.717, 1.165) is 5.56 Å². The highest BCUT2D eigenvalue weighted by Crippen LogP contribution is 2.01. The first kappa shape index (κ1) is 14.4. The number of benzene rings is 2. The van der Waals surface area contributed by atoms with Crippen molar-refractivity contribution in [2.75, 3.05) is 19.8 Å². The summed E-state index contributed by atoms with van der Waals surface area (Å²) >= 11 is 0. The van der Waals surface area contributed by atoms with Gasteiger partial charge in [-0.1, -0.05) is 60.7 Å². The van der Waals surface area contributed by atoms with Gasteiger partial charge in [-0.25, -0.2) is 0 Å². The molecule has 0 aliphatic carbocycles. The standard InChI is InChI=1S/C17H18O3/c18-17(16-9-5-2-6-10-16)14-20-12-11-19-13-15-7-3-1-4-8-15/h1-10H,11-14H2. The quantitative estimate of drug-likeness (QED) is 0.546. The molecule has 0 amide bonds. The minimum absolute atomic E-state index is 0.00587. The molecule has 0 spiro atoms. The first-order chi connectivity index (χ1) is 9.86. The van der Waals surface area contributed by atoms with Gasteiger partial charge in [0, 0.05) is 5.56 Å². The van der Waals surface area contributed by atoms with Crippen molar-refractivity contribution in [2.24, 2.45) is 0 Å². The summed E-state index contributed by atoms with van der Waals surface area (Å²) in [5.41, 5.74) is 1.81. The largest absolute Gasteiger partial charge is 0.374 e. The number of Topliss-reactive ketones (excluding diaryl/α,β-unsaturated/α-hetero) is 1. The Morgan fingerprint density at radius 1 is 0.800 bits per heavy atom. The molecule has 0 aromatic heterocycles. The molecule has 20 heavy (non-hydrogen) atoms. The molecule has 0 unspecified atom stereocenters. The van der Waals surface area contributed by atoms with Gasteiger partial charge in [-0.2, -0.15) is 0 Å². The number of hydrogen-bond acceptors (Lipinski definition) is 3. The van der Waals surface area contributed by atoms with Crippen molar-refractivity contribution in [1.82, 2.24) is 0 Å². The van der Waals surface area contributed by atoms with Crippen LogP contribution in [0.2, 0.25) is 0 Å². The second-order valence-corrected chi connectivity index (χ2v) is 4.38. The summed E-state index contributed by atoms with van der Waals surface area (Å²) in [7, 11) is 0. The van der Waals surface area contributed by atoms with E-state index >= 15 is 0 Å². The van der Waals surface area contributed by atoms with Crippen LogP contribution < -0.4 is 0 Å². The van der Waals surface area contributed by atoms with Crippen molar-refractivity contribution in [3.8, 4) is 0 Å². The van der Waals surface area contributed by atoms with Gasteiger partial charge in [-0.15, -0.1) is 0 Å². The number of carbonyl (C=O) groups excluding carboxylic acids is 1. The molecule has 0 heterocycles. The number of carbonyl (C=O) groups is 1. The SMILES string of the molecule is O=C(COCCOCc1ccccc1)c1ccccc1. The lowest BCUT2D eigenvalue weighted by Gasteiger charge is -2.05. The van der Waals surface area contributed by atoms with Gasteiger partial charge in [0.1, 0.15) is 6.61 Å². The van der Waals surface area contributed by atoms with Crippen LogP contribution in [-0.4, -0.2) is 25.6 Å². The summed E-state index contributed by atoms with van der Waals surface area (Å²) in [6.45, 7) is 1.57. The lowest BCUT2D eigenvalue weighted by atomic mass is 10.1. The average Bonchev–Trinajstić information content (AvgIpc) is 2.52. The van der Waals surface area contributed by atoms with Gasteiger partial charge in [-0.05, 0) is 5.56 Å². The van der Waals surface area contributed by atoms with E-state index in [1.54, 1.807) is 12.1 Å². The van der Waals surface area contributed by atoms with Crippen molar-refractivity contribution >= 4 is 5.78 Å². The van der Waals surface area contributed by atoms with E-state index in [1.807, 2.05) is 48.5 Å². The Morgan fingerprint density at radius 2 is 1.40 bits per heavy atom. The van der Waals surface area contributed by atoms with Crippen LogP contribution in [0.25, 0.3) is 0 Å². The van der Waals surface area contributed by atoms with E-state index in [4.69, 9.17) is 9.47 Å². The topological polar surface area (TPSA) is 35.5 Å². The Labute approximate surface area is 119 Å². The van der Waals surface area contributed by atoms with Crippen LogP contribution in [0.5, 0.6) is 0 Å². The van der Waals surface area contributed by atoms with Gasteiger partial charge in [0.2, 0.25) is 0 Å². The van der Waals surface area contributed by atoms with Crippen LogP contribution in [-0.2, 0) is 16.1 Å². The molecule has 3 heteroatoms. The van der Waals surface area contributed by atoms with Crippen LogP contribution in [0.15, 0.2) is 60.7 Å². The molecule has 2 rings (SSSR count). The van der Waals surface area contributed by atoms with Crippen LogP contribution in [0.4, 0.5) is 0 Å². The summed E-state index contributed by atoms with van der Waals surface area (Å²) in [4.78, 5) is 11.7.